The van der Waals surface area contributed by atoms with Gasteiger partial charge in [0.1, 0.15) is 5.82 Å². The second kappa shape index (κ2) is 8.85. The summed E-state index contributed by atoms with van der Waals surface area (Å²) < 4.78 is 27.5. The molecule has 5 nitrogen and oxygen atoms in total. The predicted molar refractivity (Wildman–Crippen MR) is 104 cm³/mol. The first-order valence-electron chi connectivity index (χ1n) is 8.83. The molecule has 0 spiro atoms. The largest absolute Gasteiger partial charge is 0.370 e. The van der Waals surface area contributed by atoms with E-state index in [9.17, 15) is 8.42 Å². The Kier molecular flexibility index (Phi) is 6.82. The Balaban J connectivity index is 2.13. The molecular formula is C19H27N3O2S. The highest BCUT2D eigenvalue weighted by molar-refractivity contribution is 7.92. The van der Waals surface area contributed by atoms with Crippen molar-refractivity contribution < 1.29 is 8.42 Å². The molecule has 0 amide bonds. The first-order chi connectivity index (χ1) is 12.0. The van der Waals surface area contributed by atoms with E-state index in [0.717, 1.165) is 43.6 Å². The molecule has 6 heteroatoms. The molecule has 1 N–H and O–H groups in total. The number of nitrogens with one attached hydrogen (secondary N) is 1. The van der Waals surface area contributed by atoms with Gasteiger partial charge in [-0.2, -0.15) is 0 Å². The summed E-state index contributed by atoms with van der Waals surface area (Å²) in [4.78, 5) is 6.78. The molecule has 2 aromatic rings. The average molecular weight is 362 g/mol. The van der Waals surface area contributed by atoms with Crippen LogP contribution in [0.1, 0.15) is 39.2 Å². The van der Waals surface area contributed by atoms with Gasteiger partial charge in [0.05, 0.1) is 16.8 Å². The van der Waals surface area contributed by atoms with E-state index >= 15 is 0 Å². The zero-order chi connectivity index (χ0) is 18.3. The zero-order valence-corrected chi connectivity index (χ0v) is 16.0. The standard InChI is InChI=1S/C19H27N3O2S/c1-4-13-22(14-5-2)17-9-12-19(20-15-17)21-25(23,24)18-10-7-16(6-3)8-11-18/h7-12,15H,4-6,13-14H2,1-3H3,(H,20,21). The number of benzene rings is 1. The van der Waals surface area contributed by atoms with Crippen LogP contribution in [0.3, 0.4) is 0 Å². The molecule has 0 aliphatic rings. The first-order valence-corrected chi connectivity index (χ1v) is 10.3. The second-order valence-electron chi connectivity index (χ2n) is 5.99. The summed E-state index contributed by atoms with van der Waals surface area (Å²) in [5.74, 6) is 0.330. The molecule has 0 saturated carbocycles. The van der Waals surface area contributed by atoms with Crippen molar-refractivity contribution in [1.82, 2.24) is 4.98 Å². The van der Waals surface area contributed by atoms with Gasteiger partial charge in [-0.3, -0.25) is 4.72 Å². The Labute approximate surface area is 151 Å². The van der Waals surface area contributed by atoms with Gasteiger partial charge < -0.3 is 4.90 Å². The number of aromatic nitrogens is 1. The molecule has 0 atom stereocenters. The van der Waals surface area contributed by atoms with E-state index in [0.29, 0.717) is 5.82 Å². The van der Waals surface area contributed by atoms with Crippen molar-refractivity contribution in [2.75, 3.05) is 22.7 Å². The van der Waals surface area contributed by atoms with E-state index in [1.165, 1.54) is 0 Å². The molecular weight excluding hydrogens is 334 g/mol. The Morgan fingerprint density at radius 3 is 2.08 bits per heavy atom. The van der Waals surface area contributed by atoms with Gasteiger partial charge in [-0.15, -0.1) is 0 Å². The molecule has 1 aromatic heterocycles. The van der Waals surface area contributed by atoms with Gasteiger partial charge in [0.15, 0.2) is 0 Å². The van der Waals surface area contributed by atoms with E-state index in [4.69, 9.17) is 0 Å². The van der Waals surface area contributed by atoms with Gasteiger partial charge in [-0.1, -0.05) is 32.9 Å². The summed E-state index contributed by atoms with van der Waals surface area (Å²) in [6, 6.07) is 10.5. The third-order valence-electron chi connectivity index (χ3n) is 3.98. The highest BCUT2D eigenvalue weighted by atomic mass is 32.2. The van der Waals surface area contributed by atoms with Crippen molar-refractivity contribution in [3.63, 3.8) is 0 Å². The highest BCUT2D eigenvalue weighted by Gasteiger charge is 2.15. The van der Waals surface area contributed by atoms with E-state index in [2.05, 4.69) is 28.5 Å². The van der Waals surface area contributed by atoms with Crippen molar-refractivity contribution in [3.8, 4) is 0 Å². The van der Waals surface area contributed by atoms with Crippen molar-refractivity contribution in [2.24, 2.45) is 0 Å². The number of hydrogen-bond donors (Lipinski definition) is 1. The molecule has 0 unspecified atom stereocenters. The Morgan fingerprint density at radius 2 is 1.60 bits per heavy atom. The third kappa shape index (κ3) is 5.19. The molecule has 2 rings (SSSR count). The highest BCUT2D eigenvalue weighted by Crippen LogP contribution is 2.19. The minimum Gasteiger partial charge on any atom is -0.370 e. The maximum atomic E-state index is 12.5. The van der Waals surface area contributed by atoms with E-state index in [-0.39, 0.29) is 4.90 Å². The number of sulfonamides is 1. The molecule has 0 radical (unpaired) electrons. The maximum absolute atomic E-state index is 12.5. The topological polar surface area (TPSA) is 62.3 Å². The molecule has 0 bridgehead atoms. The van der Waals surface area contributed by atoms with Crippen LogP contribution in [0, 0.1) is 0 Å². The van der Waals surface area contributed by atoms with Crippen LogP contribution >= 0.6 is 0 Å². The summed E-state index contributed by atoms with van der Waals surface area (Å²) in [5.41, 5.74) is 2.12. The minimum absolute atomic E-state index is 0.245. The van der Waals surface area contributed by atoms with E-state index < -0.39 is 10.0 Å². The van der Waals surface area contributed by atoms with Gasteiger partial charge >= 0.3 is 0 Å². The van der Waals surface area contributed by atoms with Gasteiger partial charge in [-0.05, 0) is 49.1 Å². The fourth-order valence-electron chi connectivity index (χ4n) is 2.64. The van der Waals surface area contributed by atoms with Crippen LogP contribution in [0.4, 0.5) is 11.5 Å². The van der Waals surface area contributed by atoms with Crippen molar-refractivity contribution in [2.45, 2.75) is 44.9 Å². The summed E-state index contributed by atoms with van der Waals surface area (Å²) in [5, 5.41) is 0. The van der Waals surface area contributed by atoms with Gasteiger partial charge in [0.25, 0.3) is 10.0 Å². The van der Waals surface area contributed by atoms with Crippen LogP contribution < -0.4 is 9.62 Å². The summed E-state index contributed by atoms with van der Waals surface area (Å²) in [6.45, 7) is 8.24. The third-order valence-corrected chi connectivity index (χ3v) is 5.35. The monoisotopic (exact) mass is 361 g/mol. The van der Waals surface area contributed by atoms with Crippen LogP contribution in [0.5, 0.6) is 0 Å². The molecule has 1 aromatic carbocycles. The molecule has 0 aliphatic heterocycles. The average Bonchev–Trinajstić information content (AvgIpc) is 2.62. The zero-order valence-electron chi connectivity index (χ0n) is 15.2. The minimum atomic E-state index is -3.62. The lowest BCUT2D eigenvalue weighted by Gasteiger charge is -2.23. The lowest BCUT2D eigenvalue weighted by molar-refractivity contribution is 0.601. The molecule has 25 heavy (non-hydrogen) atoms. The molecule has 0 fully saturated rings. The predicted octanol–water partition coefficient (Wildman–Crippen LogP) is 4.07. The molecule has 136 valence electrons. The fourth-order valence-corrected chi connectivity index (χ4v) is 3.65. The van der Waals surface area contributed by atoms with Crippen LogP contribution in [0.25, 0.3) is 0 Å². The lowest BCUT2D eigenvalue weighted by atomic mass is 10.2. The SMILES string of the molecule is CCCN(CCC)c1ccc(NS(=O)(=O)c2ccc(CC)cc2)nc1. The number of nitrogens with zero attached hydrogens (tertiary/aromatic N) is 2. The lowest BCUT2D eigenvalue weighted by Crippen LogP contribution is -2.25. The van der Waals surface area contributed by atoms with Crippen LogP contribution in [-0.4, -0.2) is 26.5 Å². The van der Waals surface area contributed by atoms with Gasteiger partial charge in [0, 0.05) is 13.1 Å². The van der Waals surface area contributed by atoms with Crippen molar-refractivity contribution >= 4 is 21.5 Å². The quantitative estimate of drug-likeness (QED) is 0.731. The first kappa shape index (κ1) is 19.2. The van der Waals surface area contributed by atoms with E-state index in [1.54, 1.807) is 24.4 Å². The fraction of sp³-hybridized carbons (Fsp3) is 0.421. The van der Waals surface area contributed by atoms with Gasteiger partial charge in [0.2, 0.25) is 0 Å². The summed E-state index contributed by atoms with van der Waals surface area (Å²) in [7, 11) is -3.62. The molecule has 0 aliphatic carbocycles. The number of aryl methyl sites for hydroxylation is 1. The number of pyridine rings is 1. The Bertz CT molecular complexity index is 750. The van der Waals surface area contributed by atoms with Crippen molar-refractivity contribution in [3.05, 3.63) is 48.2 Å². The summed E-state index contributed by atoms with van der Waals surface area (Å²) in [6.07, 6.45) is 4.72. The van der Waals surface area contributed by atoms with Crippen LogP contribution in [0.15, 0.2) is 47.5 Å². The normalized spacial score (nSPS) is 11.3. The number of hydrogen-bond acceptors (Lipinski definition) is 4. The summed E-state index contributed by atoms with van der Waals surface area (Å²) >= 11 is 0. The Morgan fingerprint density at radius 1 is 0.960 bits per heavy atom. The Hall–Kier alpha value is -2.08. The molecule has 1 heterocycles. The number of rotatable bonds is 9. The second-order valence-corrected chi connectivity index (χ2v) is 7.67. The maximum Gasteiger partial charge on any atom is 0.263 e. The number of anilines is 2. The molecule has 0 saturated heterocycles. The van der Waals surface area contributed by atoms with Crippen LogP contribution in [-0.2, 0) is 16.4 Å². The van der Waals surface area contributed by atoms with Crippen molar-refractivity contribution in [1.29, 1.82) is 0 Å². The van der Waals surface area contributed by atoms with E-state index in [1.807, 2.05) is 25.1 Å². The smallest absolute Gasteiger partial charge is 0.263 e. The van der Waals surface area contributed by atoms with Gasteiger partial charge in [-0.25, -0.2) is 13.4 Å². The van der Waals surface area contributed by atoms with Crippen LogP contribution in [0.2, 0.25) is 0 Å².